The van der Waals surface area contributed by atoms with Crippen molar-refractivity contribution in [3.8, 4) is 0 Å². The Kier molecular flexibility index (Phi) is 6.93. The Balaban J connectivity index is 0.00000208. The zero-order valence-corrected chi connectivity index (χ0v) is 15.3. The fourth-order valence-electron chi connectivity index (χ4n) is 4.94. The van der Waals surface area contributed by atoms with Gasteiger partial charge >= 0.3 is 5.97 Å². The average molecular weight is 359 g/mol. The fraction of sp³-hybridized carbons (Fsp3) is 0.889. The van der Waals surface area contributed by atoms with E-state index in [1.165, 1.54) is 32.1 Å². The summed E-state index contributed by atoms with van der Waals surface area (Å²) in [5, 5.41) is 12.8. The molecule has 0 spiro atoms. The highest BCUT2D eigenvalue weighted by atomic mass is 35.5. The molecule has 3 fully saturated rings. The summed E-state index contributed by atoms with van der Waals surface area (Å²) in [5.74, 6) is -0.354. The maximum Gasteiger partial charge on any atom is 0.311 e. The molecule has 1 heterocycles. The van der Waals surface area contributed by atoms with Crippen LogP contribution in [0.4, 0.5) is 0 Å². The lowest BCUT2D eigenvalue weighted by Gasteiger charge is -2.24. The SMILES string of the molecule is Cl.O=C(CN1C[C@@H]2CCC[C@@]2(C(=O)O)C1)NC1CCCCCCC1. The van der Waals surface area contributed by atoms with Gasteiger partial charge in [-0.2, -0.15) is 0 Å². The molecule has 0 aromatic rings. The number of nitrogens with zero attached hydrogens (tertiary/aromatic N) is 1. The lowest BCUT2D eigenvalue weighted by Crippen LogP contribution is -2.43. The molecule has 24 heavy (non-hydrogen) atoms. The molecule has 6 heteroatoms. The Morgan fingerprint density at radius 2 is 1.71 bits per heavy atom. The van der Waals surface area contributed by atoms with Gasteiger partial charge in [0.2, 0.25) is 5.91 Å². The predicted molar refractivity (Wildman–Crippen MR) is 95.3 cm³/mol. The third kappa shape index (κ3) is 4.23. The zero-order valence-electron chi connectivity index (χ0n) is 14.5. The third-order valence-electron chi connectivity index (χ3n) is 6.20. The predicted octanol–water partition coefficient (Wildman–Crippen LogP) is 2.82. The summed E-state index contributed by atoms with van der Waals surface area (Å²) in [6.07, 6.45) is 11.3. The molecule has 3 rings (SSSR count). The molecule has 5 nitrogen and oxygen atoms in total. The van der Waals surface area contributed by atoms with Crippen LogP contribution in [0.15, 0.2) is 0 Å². The Morgan fingerprint density at radius 1 is 1.04 bits per heavy atom. The van der Waals surface area contributed by atoms with Gasteiger partial charge in [0, 0.05) is 19.1 Å². The first-order chi connectivity index (χ1) is 11.1. The van der Waals surface area contributed by atoms with Crippen LogP contribution in [-0.2, 0) is 9.59 Å². The third-order valence-corrected chi connectivity index (χ3v) is 6.20. The smallest absolute Gasteiger partial charge is 0.311 e. The lowest BCUT2D eigenvalue weighted by atomic mass is 9.81. The summed E-state index contributed by atoms with van der Waals surface area (Å²) in [6.45, 7) is 1.68. The van der Waals surface area contributed by atoms with Crippen molar-refractivity contribution in [2.45, 2.75) is 70.3 Å². The van der Waals surface area contributed by atoms with Crippen LogP contribution in [0.2, 0.25) is 0 Å². The number of carbonyl (C=O) groups excluding carboxylic acids is 1. The van der Waals surface area contributed by atoms with E-state index in [1.807, 2.05) is 0 Å². The zero-order chi connectivity index (χ0) is 16.3. The van der Waals surface area contributed by atoms with Gasteiger partial charge in [0.05, 0.1) is 12.0 Å². The van der Waals surface area contributed by atoms with Gasteiger partial charge in [-0.3, -0.25) is 14.5 Å². The molecule has 0 radical (unpaired) electrons. The van der Waals surface area contributed by atoms with Gasteiger partial charge in [-0.1, -0.05) is 38.5 Å². The van der Waals surface area contributed by atoms with Crippen molar-refractivity contribution in [2.24, 2.45) is 11.3 Å². The first-order valence-electron chi connectivity index (χ1n) is 9.35. The number of carbonyl (C=O) groups is 2. The largest absolute Gasteiger partial charge is 0.481 e. The molecule has 1 saturated heterocycles. The van der Waals surface area contributed by atoms with Crippen molar-refractivity contribution < 1.29 is 14.7 Å². The van der Waals surface area contributed by atoms with E-state index in [-0.39, 0.29) is 24.2 Å². The van der Waals surface area contributed by atoms with Gasteiger partial charge in [0.15, 0.2) is 0 Å². The van der Waals surface area contributed by atoms with Gasteiger partial charge in [0.25, 0.3) is 0 Å². The first kappa shape index (κ1) is 19.5. The molecule has 138 valence electrons. The molecule has 2 saturated carbocycles. The van der Waals surface area contributed by atoms with E-state index in [9.17, 15) is 14.7 Å². The Labute approximate surface area is 151 Å². The standard InChI is InChI=1S/C18H30N2O3.ClH/c21-16(19-15-8-4-2-1-3-5-9-15)12-20-11-14-7-6-10-18(14,13-20)17(22)23;/h14-15H,1-13H2,(H,19,21)(H,22,23);1H/t14-,18+;/m0./s1. The van der Waals surface area contributed by atoms with E-state index in [0.29, 0.717) is 19.1 Å². The molecule has 2 atom stereocenters. The number of hydrogen-bond acceptors (Lipinski definition) is 3. The number of halogens is 1. The van der Waals surface area contributed by atoms with Gasteiger partial charge in [-0.15, -0.1) is 12.4 Å². The minimum atomic E-state index is -0.664. The van der Waals surface area contributed by atoms with Crippen molar-refractivity contribution in [1.82, 2.24) is 10.2 Å². The molecule has 0 bridgehead atoms. The quantitative estimate of drug-likeness (QED) is 0.810. The van der Waals surface area contributed by atoms with E-state index in [1.54, 1.807) is 0 Å². The normalized spacial score (nSPS) is 31.6. The minimum absolute atomic E-state index is 0. The van der Waals surface area contributed by atoms with Crippen LogP contribution in [0.1, 0.15) is 64.2 Å². The maximum atomic E-state index is 12.4. The number of carboxylic acids is 1. The van der Waals surface area contributed by atoms with Crippen molar-refractivity contribution in [2.75, 3.05) is 19.6 Å². The number of likely N-dealkylation sites (tertiary alicyclic amines) is 1. The number of fused-ring (bicyclic) bond motifs is 1. The Hall–Kier alpha value is -0.810. The molecule has 1 aliphatic heterocycles. The van der Waals surface area contributed by atoms with Crippen molar-refractivity contribution in [1.29, 1.82) is 0 Å². The number of aliphatic carboxylic acids is 1. The van der Waals surface area contributed by atoms with E-state index in [0.717, 1.165) is 38.6 Å². The molecule has 3 aliphatic rings. The topological polar surface area (TPSA) is 69.6 Å². The summed E-state index contributed by atoms with van der Waals surface area (Å²) in [6, 6.07) is 0.318. The molecule has 0 aromatic carbocycles. The molecule has 2 N–H and O–H groups in total. The van der Waals surface area contributed by atoms with Gasteiger partial charge in [0.1, 0.15) is 0 Å². The fourth-order valence-corrected chi connectivity index (χ4v) is 4.94. The number of hydrogen-bond donors (Lipinski definition) is 2. The highest BCUT2D eigenvalue weighted by Gasteiger charge is 2.54. The monoisotopic (exact) mass is 358 g/mol. The van der Waals surface area contributed by atoms with Crippen LogP contribution in [0.5, 0.6) is 0 Å². The minimum Gasteiger partial charge on any atom is -0.481 e. The molecule has 0 unspecified atom stereocenters. The highest BCUT2D eigenvalue weighted by Crippen LogP contribution is 2.48. The number of nitrogens with one attached hydrogen (secondary N) is 1. The van der Waals surface area contributed by atoms with Crippen LogP contribution < -0.4 is 5.32 Å². The molecule has 0 aromatic heterocycles. The molecule has 2 aliphatic carbocycles. The Bertz CT molecular complexity index is 452. The second kappa shape index (κ2) is 8.52. The van der Waals surface area contributed by atoms with E-state index >= 15 is 0 Å². The molecule has 1 amide bonds. The van der Waals surface area contributed by atoms with Crippen molar-refractivity contribution in [3.63, 3.8) is 0 Å². The number of carboxylic acid groups (broad SMARTS) is 1. The first-order valence-corrected chi connectivity index (χ1v) is 9.35. The van der Waals surface area contributed by atoms with E-state index in [2.05, 4.69) is 10.2 Å². The van der Waals surface area contributed by atoms with E-state index in [4.69, 9.17) is 0 Å². The summed E-state index contributed by atoms with van der Waals surface area (Å²) in [7, 11) is 0. The highest BCUT2D eigenvalue weighted by molar-refractivity contribution is 5.85. The molecular formula is C18H31ClN2O3. The maximum absolute atomic E-state index is 12.4. The van der Waals surface area contributed by atoms with Crippen LogP contribution in [-0.4, -0.2) is 47.6 Å². The average Bonchev–Trinajstić information content (AvgIpc) is 2.99. The van der Waals surface area contributed by atoms with Crippen molar-refractivity contribution >= 4 is 24.3 Å². The number of amides is 1. The second-order valence-electron chi connectivity index (χ2n) is 7.83. The van der Waals surface area contributed by atoms with Crippen molar-refractivity contribution in [3.05, 3.63) is 0 Å². The summed E-state index contributed by atoms with van der Waals surface area (Å²) < 4.78 is 0. The van der Waals surface area contributed by atoms with E-state index < -0.39 is 11.4 Å². The number of rotatable bonds is 4. The van der Waals surface area contributed by atoms with Crippen LogP contribution >= 0.6 is 12.4 Å². The van der Waals surface area contributed by atoms with Crippen LogP contribution in [0.3, 0.4) is 0 Å². The van der Waals surface area contributed by atoms with Gasteiger partial charge < -0.3 is 10.4 Å². The summed E-state index contributed by atoms with van der Waals surface area (Å²) >= 11 is 0. The van der Waals surface area contributed by atoms with Crippen LogP contribution in [0.25, 0.3) is 0 Å². The summed E-state index contributed by atoms with van der Waals surface area (Å²) in [4.78, 5) is 26.1. The summed E-state index contributed by atoms with van der Waals surface area (Å²) in [5.41, 5.74) is -0.583. The Morgan fingerprint density at radius 3 is 2.33 bits per heavy atom. The molecular weight excluding hydrogens is 328 g/mol. The van der Waals surface area contributed by atoms with Gasteiger partial charge in [-0.25, -0.2) is 0 Å². The second-order valence-corrected chi connectivity index (χ2v) is 7.83. The van der Waals surface area contributed by atoms with Gasteiger partial charge in [-0.05, 0) is 31.6 Å². The van der Waals surface area contributed by atoms with Crippen LogP contribution in [0, 0.1) is 11.3 Å². The lowest BCUT2D eigenvalue weighted by molar-refractivity contribution is -0.149.